The molecule has 1 aliphatic heterocycles. The second-order valence-electron chi connectivity index (χ2n) is 3.19. The summed E-state index contributed by atoms with van der Waals surface area (Å²) < 4.78 is 5.35. The van der Waals surface area contributed by atoms with Crippen LogP contribution in [0.4, 0.5) is 0 Å². The largest absolute Gasteiger partial charge is 0.380 e. The summed E-state index contributed by atoms with van der Waals surface area (Å²) in [5.74, 6) is 0.768. The van der Waals surface area contributed by atoms with Gasteiger partial charge in [0, 0.05) is 18.5 Å². The number of hydrogen-bond donors (Lipinski definition) is 0. The van der Waals surface area contributed by atoms with Crippen molar-refractivity contribution in [3.8, 4) is 0 Å². The van der Waals surface area contributed by atoms with Crippen molar-refractivity contribution in [2.75, 3.05) is 32.2 Å². The van der Waals surface area contributed by atoms with Gasteiger partial charge < -0.3 is 4.74 Å². The molecule has 0 aromatic heterocycles. The predicted octanol–water partition coefficient (Wildman–Crippen LogP) is 1.73. The second kappa shape index (κ2) is 5.79. The zero-order chi connectivity index (χ0) is 8.81. The minimum absolute atomic E-state index is 0.651. The summed E-state index contributed by atoms with van der Waals surface area (Å²) in [6, 6.07) is 0.651. The van der Waals surface area contributed by atoms with Gasteiger partial charge in [0.2, 0.25) is 0 Å². The van der Waals surface area contributed by atoms with Gasteiger partial charge in [-0.3, -0.25) is 4.90 Å². The van der Waals surface area contributed by atoms with Crippen LogP contribution < -0.4 is 0 Å². The van der Waals surface area contributed by atoms with E-state index in [9.17, 15) is 0 Å². The van der Waals surface area contributed by atoms with Crippen LogP contribution in [0.15, 0.2) is 0 Å². The first-order valence-corrected chi connectivity index (χ1v) is 5.29. The Bertz CT molecular complexity index is 115. The maximum Gasteiger partial charge on any atom is 0.0622 e. The number of likely N-dealkylation sites (N-methyl/N-ethyl adjacent to an activating group) is 1. The Balaban J connectivity index is 2.22. The van der Waals surface area contributed by atoms with Crippen molar-refractivity contribution in [3.05, 3.63) is 0 Å². The van der Waals surface area contributed by atoms with Crippen molar-refractivity contribution in [1.82, 2.24) is 4.90 Å². The molecule has 0 radical (unpaired) electrons. The summed E-state index contributed by atoms with van der Waals surface area (Å²) in [7, 11) is 0. The molecule has 0 aromatic rings. The van der Waals surface area contributed by atoms with Crippen LogP contribution in [0.2, 0.25) is 0 Å². The Morgan fingerprint density at radius 3 is 2.92 bits per heavy atom. The summed E-state index contributed by atoms with van der Waals surface area (Å²) in [6.45, 7) is 6.28. The van der Waals surface area contributed by atoms with E-state index in [1.54, 1.807) is 0 Å². The molecule has 1 saturated heterocycles. The smallest absolute Gasteiger partial charge is 0.0622 e. The lowest BCUT2D eigenvalue weighted by Crippen LogP contribution is -2.36. The summed E-state index contributed by atoms with van der Waals surface area (Å²) >= 11 is 5.65. The fourth-order valence-electron chi connectivity index (χ4n) is 1.67. The van der Waals surface area contributed by atoms with Crippen LogP contribution >= 0.6 is 11.6 Å². The lowest BCUT2D eigenvalue weighted by molar-refractivity contribution is 0.147. The number of alkyl halides is 1. The molecular weight excluding hydrogens is 174 g/mol. The maximum absolute atomic E-state index is 5.65. The molecule has 3 heteroatoms. The summed E-state index contributed by atoms with van der Waals surface area (Å²) in [5, 5.41) is 0. The van der Waals surface area contributed by atoms with Crippen LogP contribution in [-0.4, -0.2) is 43.1 Å². The first kappa shape index (κ1) is 10.3. The van der Waals surface area contributed by atoms with Gasteiger partial charge >= 0.3 is 0 Å². The van der Waals surface area contributed by atoms with Gasteiger partial charge in [0.15, 0.2) is 0 Å². The third kappa shape index (κ3) is 2.92. The average molecular weight is 192 g/mol. The Morgan fingerprint density at radius 2 is 2.42 bits per heavy atom. The number of rotatable bonds is 5. The van der Waals surface area contributed by atoms with E-state index in [4.69, 9.17) is 16.3 Å². The van der Waals surface area contributed by atoms with Crippen molar-refractivity contribution in [3.63, 3.8) is 0 Å². The Hall–Kier alpha value is 0.210. The van der Waals surface area contributed by atoms with E-state index < -0.39 is 0 Å². The fourth-order valence-corrected chi connectivity index (χ4v) is 1.79. The first-order valence-electron chi connectivity index (χ1n) is 4.76. The maximum atomic E-state index is 5.65. The number of hydrogen-bond acceptors (Lipinski definition) is 2. The zero-order valence-corrected chi connectivity index (χ0v) is 8.52. The summed E-state index contributed by atoms with van der Waals surface area (Å²) in [5.41, 5.74) is 0. The molecule has 0 spiro atoms. The molecule has 1 rings (SSSR count). The van der Waals surface area contributed by atoms with Gasteiger partial charge in [0.25, 0.3) is 0 Å². The molecule has 0 bridgehead atoms. The highest BCUT2D eigenvalue weighted by atomic mass is 35.5. The van der Waals surface area contributed by atoms with E-state index in [-0.39, 0.29) is 0 Å². The topological polar surface area (TPSA) is 12.5 Å². The van der Waals surface area contributed by atoms with Crippen molar-refractivity contribution >= 4 is 11.6 Å². The molecular formula is C9H18ClNO. The predicted molar refractivity (Wildman–Crippen MR) is 51.8 cm³/mol. The Morgan fingerprint density at radius 1 is 1.58 bits per heavy atom. The second-order valence-corrected chi connectivity index (χ2v) is 3.57. The molecule has 12 heavy (non-hydrogen) atoms. The Labute approximate surface area is 79.8 Å². The van der Waals surface area contributed by atoms with Crippen molar-refractivity contribution in [2.45, 2.75) is 25.8 Å². The van der Waals surface area contributed by atoms with E-state index >= 15 is 0 Å². The molecule has 1 unspecified atom stereocenters. The van der Waals surface area contributed by atoms with Gasteiger partial charge in [0.05, 0.1) is 6.61 Å². The zero-order valence-electron chi connectivity index (χ0n) is 7.76. The molecule has 1 atom stereocenters. The van der Waals surface area contributed by atoms with Crippen LogP contribution in [-0.2, 0) is 4.74 Å². The van der Waals surface area contributed by atoms with E-state index in [1.807, 2.05) is 0 Å². The molecule has 0 N–H and O–H groups in total. The van der Waals surface area contributed by atoms with Crippen LogP contribution in [0.3, 0.4) is 0 Å². The van der Waals surface area contributed by atoms with E-state index in [0.717, 1.165) is 38.6 Å². The molecule has 0 aromatic carbocycles. The van der Waals surface area contributed by atoms with Gasteiger partial charge in [-0.15, -0.1) is 11.6 Å². The molecule has 0 amide bonds. The monoisotopic (exact) mass is 191 g/mol. The fraction of sp³-hybridized carbons (Fsp3) is 1.00. The minimum atomic E-state index is 0.651. The highest BCUT2D eigenvalue weighted by Crippen LogP contribution is 2.12. The molecule has 72 valence electrons. The van der Waals surface area contributed by atoms with Gasteiger partial charge in [-0.1, -0.05) is 6.92 Å². The van der Waals surface area contributed by atoms with Crippen molar-refractivity contribution < 1.29 is 4.74 Å². The molecule has 1 heterocycles. The van der Waals surface area contributed by atoms with Crippen LogP contribution in [0, 0.1) is 0 Å². The van der Waals surface area contributed by atoms with Crippen LogP contribution in [0.25, 0.3) is 0 Å². The van der Waals surface area contributed by atoms with Gasteiger partial charge in [-0.25, -0.2) is 0 Å². The van der Waals surface area contributed by atoms with Crippen LogP contribution in [0.1, 0.15) is 19.8 Å². The SMILES string of the molecule is CCN(CCCCl)C1CCOC1. The van der Waals surface area contributed by atoms with E-state index in [1.165, 1.54) is 6.42 Å². The lowest BCUT2D eigenvalue weighted by atomic mass is 10.2. The molecule has 2 nitrogen and oxygen atoms in total. The molecule has 1 aliphatic rings. The van der Waals surface area contributed by atoms with Gasteiger partial charge in [-0.05, 0) is 25.9 Å². The standard InChI is InChI=1S/C9H18ClNO/c1-2-11(6-3-5-10)9-4-7-12-8-9/h9H,2-8H2,1H3. The molecule has 1 fully saturated rings. The summed E-state index contributed by atoms with van der Waals surface area (Å²) in [4.78, 5) is 2.47. The van der Waals surface area contributed by atoms with Gasteiger partial charge in [-0.2, -0.15) is 0 Å². The third-order valence-corrected chi connectivity index (χ3v) is 2.67. The minimum Gasteiger partial charge on any atom is -0.380 e. The Kier molecular flexibility index (Phi) is 4.96. The summed E-state index contributed by atoms with van der Waals surface area (Å²) in [6.07, 6.45) is 2.28. The number of halogens is 1. The highest BCUT2D eigenvalue weighted by Gasteiger charge is 2.20. The third-order valence-electron chi connectivity index (χ3n) is 2.41. The van der Waals surface area contributed by atoms with E-state index in [0.29, 0.717) is 6.04 Å². The van der Waals surface area contributed by atoms with Gasteiger partial charge in [0.1, 0.15) is 0 Å². The van der Waals surface area contributed by atoms with Crippen LogP contribution in [0.5, 0.6) is 0 Å². The first-order chi connectivity index (χ1) is 5.88. The molecule has 0 aliphatic carbocycles. The quantitative estimate of drug-likeness (QED) is 0.614. The number of nitrogens with zero attached hydrogens (tertiary/aromatic N) is 1. The highest BCUT2D eigenvalue weighted by molar-refractivity contribution is 6.17. The average Bonchev–Trinajstić information content (AvgIpc) is 2.59. The lowest BCUT2D eigenvalue weighted by Gasteiger charge is -2.25. The number of ether oxygens (including phenoxy) is 1. The van der Waals surface area contributed by atoms with E-state index in [2.05, 4.69) is 11.8 Å². The van der Waals surface area contributed by atoms with Crippen molar-refractivity contribution in [1.29, 1.82) is 0 Å². The normalized spacial score (nSPS) is 23.8. The molecule has 0 saturated carbocycles. The van der Waals surface area contributed by atoms with Crippen molar-refractivity contribution in [2.24, 2.45) is 0 Å².